The van der Waals surface area contributed by atoms with Crippen LogP contribution < -0.4 is 5.73 Å². The quantitative estimate of drug-likeness (QED) is 0.540. The molecule has 1 spiro atoms. The van der Waals surface area contributed by atoms with Crippen LogP contribution in [0.25, 0.3) is 0 Å². The van der Waals surface area contributed by atoms with E-state index in [9.17, 15) is 9.65 Å². The molecular formula is C24H33FN4O. The molecule has 0 aliphatic heterocycles. The van der Waals surface area contributed by atoms with Gasteiger partial charge in [0.05, 0.1) is 29.5 Å². The van der Waals surface area contributed by atoms with E-state index in [1.54, 1.807) is 7.11 Å². The zero-order valence-corrected chi connectivity index (χ0v) is 18.6. The van der Waals surface area contributed by atoms with E-state index >= 15 is 0 Å². The smallest absolute Gasteiger partial charge is 0.137 e. The van der Waals surface area contributed by atoms with Crippen molar-refractivity contribution in [2.24, 2.45) is 28.0 Å². The lowest BCUT2D eigenvalue weighted by Crippen LogP contribution is -2.44. The highest BCUT2D eigenvalue weighted by molar-refractivity contribution is 6.39. The summed E-state index contributed by atoms with van der Waals surface area (Å²) in [4.78, 5) is 4.95. The fourth-order valence-electron chi connectivity index (χ4n) is 5.85. The molecule has 1 aromatic carbocycles. The summed E-state index contributed by atoms with van der Waals surface area (Å²) in [5, 5.41) is 17.4. The van der Waals surface area contributed by atoms with Crippen molar-refractivity contribution in [3.05, 3.63) is 34.9 Å². The maximum absolute atomic E-state index is 14.5. The SMILES string of the molecule is COC1[C@H](C)CC2(Cc3ccc(C#N)cc3[C@H]2N=C(CC(C)(C)F)C(=N)N)C[C@@H]1C. The molecule has 3 N–H and O–H groups in total. The molecule has 2 unspecified atom stereocenters. The topological polar surface area (TPSA) is 95.2 Å². The van der Waals surface area contributed by atoms with Gasteiger partial charge in [-0.2, -0.15) is 5.26 Å². The number of nitrogens with two attached hydrogens (primary N) is 1. The maximum Gasteiger partial charge on any atom is 0.137 e. The largest absolute Gasteiger partial charge is 0.383 e. The summed E-state index contributed by atoms with van der Waals surface area (Å²) in [5.41, 5.74) is 7.26. The summed E-state index contributed by atoms with van der Waals surface area (Å²) in [7, 11) is 1.77. The Morgan fingerprint density at radius 2 is 2.00 bits per heavy atom. The van der Waals surface area contributed by atoms with Gasteiger partial charge in [-0.25, -0.2) is 4.39 Å². The second-order valence-electron chi connectivity index (χ2n) is 9.92. The van der Waals surface area contributed by atoms with E-state index in [-0.39, 0.29) is 29.8 Å². The molecule has 2 aliphatic carbocycles. The molecule has 30 heavy (non-hydrogen) atoms. The number of hydrogen-bond acceptors (Lipinski definition) is 4. The van der Waals surface area contributed by atoms with E-state index in [1.807, 2.05) is 18.2 Å². The van der Waals surface area contributed by atoms with Gasteiger partial charge in [-0.3, -0.25) is 10.4 Å². The van der Waals surface area contributed by atoms with Gasteiger partial charge < -0.3 is 10.5 Å². The first-order chi connectivity index (χ1) is 14.0. The van der Waals surface area contributed by atoms with E-state index in [0.717, 1.165) is 24.8 Å². The molecule has 1 fully saturated rings. The summed E-state index contributed by atoms with van der Waals surface area (Å²) >= 11 is 0. The van der Waals surface area contributed by atoms with E-state index < -0.39 is 5.67 Å². The number of methoxy groups -OCH3 is 1. The number of alkyl halides is 1. The molecule has 0 heterocycles. The second-order valence-corrected chi connectivity index (χ2v) is 9.92. The predicted octanol–water partition coefficient (Wildman–Crippen LogP) is 4.74. The molecular weight excluding hydrogens is 379 g/mol. The van der Waals surface area contributed by atoms with Crippen molar-refractivity contribution in [2.75, 3.05) is 7.11 Å². The number of hydrogen-bond donors (Lipinski definition) is 2. The zero-order chi connectivity index (χ0) is 22.3. The van der Waals surface area contributed by atoms with Crippen LogP contribution in [0, 0.1) is 34.0 Å². The van der Waals surface area contributed by atoms with Crippen LogP contribution in [0.4, 0.5) is 4.39 Å². The first-order valence-corrected chi connectivity index (χ1v) is 10.7. The molecule has 0 aromatic heterocycles. The Morgan fingerprint density at radius 3 is 2.50 bits per heavy atom. The number of halogens is 1. The Hall–Kier alpha value is -2.26. The minimum atomic E-state index is -1.51. The van der Waals surface area contributed by atoms with Gasteiger partial charge in [-0.15, -0.1) is 0 Å². The normalized spacial score (nSPS) is 31.4. The highest BCUT2D eigenvalue weighted by atomic mass is 19.1. The Morgan fingerprint density at radius 1 is 1.37 bits per heavy atom. The minimum absolute atomic E-state index is 0.00596. The van der Waals surface area contributed by atoms with Crippen molar-refractivity contribution in [3.63, 3.8) is 0 Å². The van der Waals surface area contributed by atoms with E-state index in [1.165, 1.54) is 19.4 Å². The van der Waals surface area contributed by atoms with Gasteiger partial charge in [-0.1, -0.05) is 19.9 Å². The van der Waals surface area contributed by atoms with E-state index in [0.29, 0.717) is 23.1 Å². The first-order valence-electron chi connectivity index (χ1n) is 10.7. The van der Waals surface area contributed by atoms with Crippen molar-refractivity contribution in [1.82, 2.24) is 0 Å². The number of rotatable bonds is 5. The number of benzene rings is 1. The van der Waals surface area contributed by atoms with E-state index in [2.05, 4.69) is 19.9 Å². The molecule has 0 bridgehead atoms. The average Bonchev–Trinajstić information content (AvgIpc) is 2.91. The van der Waals surface area contributed by atoms with Gasteiger partial charge in [0.25, 0.3) is 0 Å². The lowest BCUT2D eigenvalue weighted by atomic mass is 9.61. The molecule has 5 nitrogen and oxygen atoms in total. The Labute approximate surface area is 179 Å². The second kappa shape index (κ2) is 8.11. The minimum Gasteiger partial charge on any atom is -0.383 e. The predicted molar refractivity (Wildman–Crippen MR) is 118 cm³/mol. The molecule has 2 aliphatic rings. The Balaban J connectivity index is 2.12. The van der Waals surface area contributed by atoms with Crippen LogP contribution in [0.3, 0.4) is 0 Å². The van der Waals surface area contributed by atoms with Gasteiger partial charge in [0.1, 0.15) is 11.5 Å². The number of aliphatic imine (C=N–C) groups is 1. The Kier molecular flexibility index (Phi) is 6.06. The van der Waals surface area contributed by atoms with Crippen LogP contribution in [0.2, 0.25) is 0 Å². The lowest BCUT2D eigenvalue weighted by molar-refractivity contribution is -0.0573. The van der Waals surface area contributed by atoms with Crippen LogP contribution in [-0.4, -0.2) is 30.4 Å². The molecule has 0 amide bonds. The van der Waals surface area contributed by atoms with Crippen molar-refractivity contribution in [3.8, 4) is 6.07 Å². The molecule has 5 atom stereocenters. The zero-order valence-electron chi connectivity index (χ0n) is 18.6. The number of nitriles is 1. The molecule has 1 saturated carbocycles. The molecule has 162 valence electrons. The molecule has 0 saturated heterocycles. The van der Waals surface area contributed by atoms with Gasteiger partial charge in [0.15, 0.2) is 0 Å². The summed E-state index contributed by atoms with van der Waals surface area (Å²) in [5.74, 6) is 0.506. The number of nitrogens with one attached hydrogen (secondary N) is 1. The van der Waals surface area contributed by atoms with Gasteiger partial charge >= 0.3 is 0 Å². The van der Waals surface area contributed by atoms with Crippen LogP contribution in [-0.2, 0) is 11.2 Å². The summed E-state index contributed by atoms with van der Waals surface area (Å²) in [6.07, 6.45) is 2.89. The number of fused-ring (bicyclic) bond motifs is 1. The average molecular weight is 413 g/mol. The Bertz CT molecular complexity index is 883. The van der Waals surface area contributed by atoms with Crippen LogP contribution in [0.5, 0.6) is 0 Å². The van der Waals surface area contributed by atoms with Crippen LogP contribution in [0.1, 0.15) is 69.7 Å². The molecule has 1 aromatic rings. The summed E-state index contributed by atoms with van der Waals surface area (Å²) in [6, 6.07) is 7.76. The van der Waals surface area contributed by atoms with E-state index in [4.69, 9.17) is 20.9 Å². The molecule has 0 radical (unpaired) electrons. The standard InChI is InChI=1S/C24H33FN4O/c1-14-9-24(10-15(2)20(14)30-5)11-17-7-6-16(13-26)8-18(17)21(24)29-19(22(27)28)12-23(3,4)25/h6-8,14-15,20-21H,9-12H2,1-5H3,(H3,27,28)/t14-,15+,20?,21-,24?/m1/s1. The van der Waals surface area contributed by atoms with Crippen LogP contribution in [0.15, 0.2) is 23.2 Å². The highest BCUT2D eigenvalue weighted by Gasteiger charge is 2.52. The van der Waals surface area contributed by atoms with Gasteiger partial charge in [-0.05, 0) is 68.2 Å². The first kappa shape index (κ1) is 22.4. The van der Waals surface area contributed by atoms with Crippen LogP contribution >= 0.6 is 0 Å². The highest BCUT2D eigenvalue weighted by Crippen LogP contribution is 2.58. The monoisotopic (exact) mass is 412 g/mol. The fraction of sp³-hybridized carbons (Fsp3) is 0.625. The summed E-state index contributed by atoms with van der Waals surface area (Å²) in [6.45, 7) is 7.39. The third kappa shape index (κ3) is 4.27. The third-order valence-electron chi connectivity index (χ3n) is 6.73. The molecule has 6 heteroatoms. The number of nitrogens with zero attached hydrogens (tertiary/aromatic N) is 2. The van der Waals surface area contributed by atoms with Crippen molar-refractivity contribution < 1.29 is 9.13 Å². The maximum atomic E-state index is 14.5. The number of ether oxygens (including phenoxy) is 1. The fourth-order valence-corrected chi connectivity index (χ4v) is 5.85. The van der Waals surface area contributed by atoms with Gasteiger partial charge in [0.2, 0.25) is 0 Å². The van der Waals surface area contributed by atoms with Crippen molar-refractivity contribution in [1.29, 1.82) is 10.7 Å². The summed E-state index contributed by atoms with van der Waals surface area (Å²) < 4.78 is 20.2. The van der Waals surface area contributed by atoms with Crippen molar-refractivity contribution >= 4 is 11.5 Å². The van der Waals surface area contributed by atoms with Crippen molar-refractivity contribution in [2.45, 2.75) is 71.2 Å². The lowest BCUT2D eigenvalue weighted by Gasteiger charge is -2.47. The third-order valence-corrected chi connectivity index (χ3v) is 6.73. The number of amidine groups is 1. The van der Waals surface area contributed by atoms with Gasteiger partial charge in [0, 0.05) is 18.9 Å². The molecule has 3 rings (SSSR count).